The van der Waals surface area contributed by atoms with Gasteiger partial charge in [-0.1, -0.05) is 29.3 Å². The first-order valence-electron chi connectivity index (χ1n) is 5.22. The first kappa shape index (κ1) is 10.6. The number of aryl methyl sites for hydroxylation is 2. The van der Waals surface area contributed by atoms with Crippen LogP contribution in [0.1, 0.15) is 27.3 Å². The van der Waals surface area contributed by atoms with E-state index in [-0.39, 0.29) is 0 Å². The number of hydrogen-bond acceptors (Lipinski definition) is 2. The SMILES string of the molecule is Cc1cc(C)cc(Cn2ccnc2C=O)c1. The van der Waals surface area contributed by atoms with E-state index in [1.54, 1.807) is 6.20 Å². The number of rotatable bonds is 3. The van der Waals surface area contributed by atoms with Crippen molar-refractivity contribution in [2.45, 2.75) is 20.4 Å². The van der Waals surface area contributed by atoms with Crippen molar-refractivity contribution in [1.29, 1.82) is 0 Å². The molecule has 0 atom stereocenters. The fraction of sp³-hybridized carbons (Fsp3) is 0.231. The van der Waals surface area contributed by atoms with Crippen LogP contribution in [0.3, 0.4) is 0 Å². The molecule has 0 aliphatic heterocycles. The van der Waals surface area contributed by atoms with Gasteiger partial charge in [0.05, 0.1) is 0 Å². The summed E-state index contributed by atoms with van der Waals surface area (Å²) in [6.45, 7) is 4.84. The van der Waals surface area contributed by atoms with E-state index in [4.69, 9.17) is 0 Å². The minimum atomic E-state index is 0.471. The molecule has 2 aromatic rings. The number of hydrogen-bond donors (Lipinski definition) is 0. The second-order valence-corrected chi connectivity index (χ2v) is 4.03. The summed E-state index contributed by atoms with van der Waals surface area (Å²) < 4.78 is 1.85. The summed E-state index contributed by atoms with van der Waals surface area (Å²) in [5.41, 5.74) is 3.67. The van der Waals surface area contributed by atoms with E-state index in [1.165, 1.54) is 16.7 Å². The zero-order valence-electron chi connectivity index (χ0n) is 9.47. The Morgan fingerprint density at radius 3 is 2.56 bits per heavy atom. The van der Waals surface area contributed by atoms with Crippen LogP contribution in [0.4, 0.5) is 0 Å². The van der Waals surface area contributed by atoms with Gasteiger partial charge in [-0.3, -0.25) is 4.79 Å². The van der Waals surface area contributed by atoms with Gasteiger partial charge in [0.15, 0.2) is 12.1 Å². The number of aldehydes is 1. The summed E-state index contributed by atoms with van der Waals surface area (Å²) in [5.74, 6) is 0.471. The third-order valence-corrected chi connectivity index (χ3v) is 2.49. The molecule has 16 heavy (non-hydrogen) atoms. The normalized spacial score (nSPS) is 10.4. The number of imidazole rings is 1. The monoisotopic (exact) mass is 214 g/mol. The molecule has 0 N–H and O–H groups in total. The van der Waals surface area contributed by atoms with Gasteiger partial charge in [-0.15, -0.1) is 0 Å². The van der Waals surface area contributed by atoms with Gasteiger partial charge in [0.1, 0.15) is 0 Å². The van der Waals surface area contributed by atoms with Crippen LogP contribution in [0.25, 0.3) is 0 Å². The molecular formula is C13H14N2O. The predicted octanol–water partition coefficient (Wildman–Crippen LogP) is 2.36. The molecule has 0 unspecified atom stereocenters. The summed E-state index contributed by atoms with van der Waals surface area (Å²) in [7, 11) is 0. The maximum atomic E-state index is 10.7. The van der Waals surface area contributed by atoms with Gasteiger partial charge < -0.3 is 4.57 Å². The van der Waals surface area contributed by atoms with E-state index < -0.39 is 0 Å². The highest BCUT2D eigenvalue weighted by Crippen LogP contribution is 2.11. The summed E-state index contributed by atoms with van der Waals surface area (Å²) in [6.07, 6.45) is 4.25. The van der Waals surface area contributed by atoms with E-state index in [9.17, 15) is 4.79 Å². The van der Waals surface area contributed by atoms with E-state index >= 15 is 0 Å². The van der Waals surface area contributed by atoms with E-state index in [0.717, 1.165) is 6.29 Å². The predicted molar refractivity (Wildman–Crippen MR) is 62.6 cm³/mol. The summed E-state index contributed by atoms with van der Waals surface area (Å²) in [4.78, 5) is 14.7. The van der Waals surface area contributed by atoms with Crippen LogP contribution in [0.2, 0.25) is 0 Å². The molecular weight excluding hydrogens is 200 g/mol. The number of carbonyl (C=O) groups excluding carboxylic acids is 1. The number of benzene rings is 1. The third-order valence-electron chi connectivity index (χ3n) is 2.49. The highest BCUT2D eigenvalue weighted by molar-refractivity contribution is 5.69. The minimum absolute atomic E-state index is 0.471. The maximum absolute atomic E-state index is 10.7. The highest BCUT2D eigenvalue weighted by Gasteiger charge is 2.02. The summed E-state index contributed by atoms with van der Waals surface area (Å²) >= 11 is 0. The van der Waals surface area contributed by atoms with Gasteiger partial charge >= 0.3 is 0 Å². The van der Waals surface area contributed by atoms with Crippen LogP contribution in [0.5, 0.6) is 0 Å². The van der Waals surface area contributed by atoms with Crippen LogP contribution < -0.4 is 0 Å². The molecule has 3 heteroatoms. The van der Waals surface area contributed by atoms with Crippen LogP contribution >= 0.6 is 0 Å². The Morgan fingerprint density at radius 1 is 1.25 bits per heavy atom. The van der Waals surface area contributed by atoms with Crippen molar-refractivity contribution in [2.75, 3.05) is 0 Å². The zero-order chi connectivity index (χ0) is 11.5. The molecule has 0 bridgehead atoms. The van der Waals surface area contributed by atoms with Crippen molar-refractivity contribution in [2.24, 2.45) is 0 Å². The Bertz CT molecular complexity index is 494. The molecule has 0 radical (unpaired) electrons. The van der Waals surface area contributed by atoms with Gasteiger partial charge in [0.2, 0.25) is 0 Å². The Hall–Kier alpha value is -1.90. The molecule has 1 aromatic heterocycles. The molecule has 0 saturated heterocycles. The molecule has 0 aliphatic rings. The second kappa shape index (κ2) is 4.31. The van der Waals surface area contributed by atoms with E-state index in [1.807, 2.05) is 10.8 Å². The van der Waals surface area contributed by atoms with Gasteiger partial charge in [0, 0.05) is 18.9 Å². The Balaban J connectivity index is 2.30. The van der Waals surface area contributed by atoms with Gasteiger partial charge in [-0.25, -0.2) is 4.98 Å². The van der Waals surface area contributed by atoms with Crippen molar-refractivity contribution in [3.63, 3.8) is 0 Å². The molecule has 82 valence electrons. The molecule has 2 rings (SSSR count). The van der Waals surface area contributed by atoms with E-state index in [0.29, 0.717) is 12.4 Å². The molecule has 3 nitrogen and oxygen atoms in total. The third kappa shape index (κ3) is 2.19. The topological polar surface area (TPSA) is 34.9 Å². The summed E-state index contributed by atoms with van der Waals surface area (Å²) in [5, 5.41) is 0. The van der Waals surface area contributed by atoms with Crippen molar-refractivity contribution < 1.29 is 4.79 Å². The Morgan fingerprint density at radius 2 is 1.94 bits per heavy atom. The van der Waals surface area contributed by atoms with Crippen LogP contribution in [-0.2, 0) is 6.54 Å². The second-order valence-electron chi connectivity index (χ2n) is 4.03. The lowest BCUT2D eigenvalue weighted by Crippen LogP contribution is -2.03. The summed E-state index contributed by atoms with van der Waals surface area (Å²) in [6, 6.07) is 6.39. The lowest BCUT2D eigenvalue weighted by atomic mass is 10.1. The zero-order valence-corrected chi connectivity index (χ0v) is 9.47. The fourth-order valence-electron chi connectivity index (χ4n) is 1.93. The average Bonchev–Trinajstić information content (AvgIpc) is 2.63. The first-order valence-corrected chi connectivity index (χ1v) is 5.22. The Labute approximate surface area is 94.7 Å². The van der Waals surface area contributed by atoms with Crippen LogP contribution in [0.15, 0.2) is 30.6 Å². The van der Waals surface area contributed by atoms with Gasteiger partial charge in [-0.05, 0) is 19.4 Å². The number of aromatic nitrogens is 2. The largest absolute Gasteiger partial charge is 0.324 e. The smallest absolute Gasteiger partial charge is 0.185 e. The highest BCUT2D eigenvalue weighted by atomic mass is 16.1. The van der Waals surface area contributed by atoms with Crippen molar-refractivity contribution in [3.8, 4) is 0 Å². The van der Waals surface area contributed by atoms with Gasteiger partial charge in [-0.2, -0.15) is 0 Å². The van der Waals surface area contributed by atoms with Crippen LogP contribution in [-0.4, -0.2) is 15.8 Å². The molecule has 0 amide bonds. The quantitative estimate of drug-likeness (QED) is 0.735. The maximum Gasteiger partial charge on any atom is 0.185 e. The van der Waals surface area contributed by atoms with Crippen molar-refractivity contribution >= 4 is 6.29 Å². The van der Waals surface area contributed by atoms with E-state index in [2.05, 4.69) is 37.0 Å². The van der Waals surface area contributed by atoms with Gasteiger partial charge in [0.25, 0.3) is 0 Å². The molecule has 1 heterocycles. The number of nitrogens with zero attached hydrogens (tertiary/aromatic N) is 2. The van der Waals surface area contributed by atoms with Crippen molar-refractivity contribution in [3.05, 3.63) is 53.1 Å². The molecule has 0 fully saturated rings. The van der Waals surface area contributed by atoms with Crippen molar-refractivity contribution in [1.82, 2.24) is 9.55 Å². The molecule has 0 saturated carbocycles. The fourth-order valence-corrected chi connectivity index (χ4v) is 1.93. The van der Waals surface area contributed by atoms with Crippen LogP contribution in [0, 0.1) is 13.8 Å². The first-order chi connectivity index (χ1) is 7.69. The lowest BCUT2D eigenvalue weighted by Gasteiger charge is -2.07. The lowest BCUT2D eigenvalue weighted by molar-refractivity contribution is 0.111. The molecule has 1 aromatic carbocycles. The molecule has 0 aliphatic carbocycles. The average molecular weight is 214 g/mol. The number of carbonyl (C=O) groups is 1. The standard InChI is InChI=1S/C13H14N2O/c1-10-5-11(2)7-12(6-10)8-15-4-3-14-13(15)9-16/h3-7,9H,8H2,1-2H3. The molecule has 0 spiro atoms. The Kier molecular flexibility index (Phi) is 2.86. The minimum Gasteiger partial charge on any atom is -0.324 e.